The Morgan fingerprint density at radius 1 is 1.59 bits per heavy atom. The Hall–Kier alpha value is -1.10. The van der Waals surface area contributed by atoms with E-state index in [0.717, 1.165) is 17.4 Å². The fraction of sp³-hybridized carbons (Fsp3) is 0.667. The van der Waals surface area contributed by atoms with Crippen LogP contribution in [0.4, 0.5) is 5.13 Å². The molecule has 0 spiro atoms. The fourth-order valence-electron chi connectivity index (χ4n) is 2.21. The maximum absolute atomic E-state index is 11.2. The third-order valence-electron chi connectivity index (χ3n) is 3.18. The van der Waals surface area contributed by atoms with E-state index in [0.29, 0.717) is 10.9 Å². The van der Waals surface area contributed by atoms with Gasteiger partial charge in [0.25, 0.3) is 0 Å². The second-order valence-electron chi connectivity index (χ2n) is 4.86. The normalized spacial score (nSPS) is 20.2. The zero-order valence-electron chi connectivity index (χ0n) is 10.4. The number of anilines is 1. The Balaban J connectivity index is 2.36. The Kier molecular flexibility index (Phi) is 3.38. The lowest BCUT2D eigenvalue weighted by atomic mass is 10.1. The molecule has 0 aromatic carbocycles. The first kappa shape index (κ1) is 12.4. The molecule has 1 unspecified atom stereocenters. The van der Waals surface area contributed by atoms with Crippen LogP contribution in [0.1, 0.15) is 54.9 Å². The van der Waals surface area contributed by atoms with Crippen molar-refractivity contribution in [2.45, 2.75) is 45.6 Å². The summed E-state index contributed by atoms with van der Waals surface area (Å²) in [6.07, 6.45) is 2.33. The van der Waals surface area contributed by atoms with Crippen LogP contribution in [-0.2, 0) is 0 Å². The Morgan fingerprint density at radius 2 is 2.29 bits per heavy atom. The first-order valence-electron chi connectivity index (χ1n) is 6.01. The SMILES string of the molecule is CC(C)c1nc(N2CCCC2C)sc1C(=O)O. The van der Waals surface area contributed by atoms with E-state index < -0.39 is 5.97 Å². The Labute approximate surface area is 105 Å². The lowest BCUT2D eigenvalue weighted by Gasteiger charge is -2.19. The summed E-state index contributed by atoms with van der Waals surface area (Å²) in [6.45, 7) is 7.13. The third-order valence-corrected chi connectivity index (χ3v) is 4.28. The van der Waals surface area contributed by atoms with Crippen molar-refractivity contribution in [2.75, 3.05) is 11.4 Å². The van der Waals surface area contributed by atoms with Crippen LogP contribution in [0.3, 0.4) is 0 Å². The van der Waals surface area contributed by atoms with Gasteiger partial charge in [0.05, 0.1) is 5.69 Å². The highest BCUT2D eigenvalue weighted by molar-refractivity contribution is 7.17. The summed E-state index contributed by atoms with van der Waals surface area (Å²) < 4.78 is 0. The van der Waals surface area contributed by atoms with Crippen LogP contribution in [0.25, 0.3) is 0 Å². The van der Waals surface area contributed by atoms with Crippen LogP contribution in [0, 0.1) is 0 Å². The van der Waals surface area contributed by atoms with E-state index in [1.807, 2.05) is 13.8 Å². The molecule has 94 valence electrons. The monoisotopic (exact) mass is 254 g/mol. The molecule has 17 heavy (non-hydrogen) atoms. The number of nitrogens with zero attached hydrogens (tertiary/aromatic N) is 2. The second kappa shape index (κ2) is 4.64. The zero-order valence-corrected chi connectivity index (χ0v) is 11.3. The summed E-state index contributed by atoms with van der Waals surface area (Å²) in [5.41, 5.74) is 0.719. The summed E-state index contributed by atoms with van der Waals surface area (Å²) in [5.74, 6) is -0.701. The standard InChI is InChI=1S/C12H18N2O2S/c1-7(2)9-10(11(15)16)17-12(13-9)14-6-4-5-8(14)3/h7-8H,4-6H2,1-3H3,(H,15,16). The largest absolute Gasteiger partial charge is 0.477 e. The van der Waals surface area contributed by atoms with Crippen LogP contribution < -0.4 is 4.90 Å². The molecule has 2 rings (SSSR count). The summed E-state index contributed by atoms with van der Waals surface area (Å²) in [5, 5.41) is 10.1. The molecule has 1 atom stereocenters. The van der Waals surface area contributed by atoms with Crippen LogP contribution in [0.2, 0.25) is 0 Å². The van der Waals surface area contributed by atoms with Crippen LogP contribution in [-0.4, -0.2) is 28.6 Å². The van der Waals surface area contributed by atoms with Crippen molar-refractivity contribution in [1.82, 2.24) is 4.98 Å². The molecule has 0 aliphatic carbocycles. The van der Waals surface area contributed by atoms with Crippen molar-refractivity contribution >= 4 is 22.4 Å². The van der Waals surface area contributed by atoms with E-state index >= 15 is 0 Å². The van der Waals surface area contributed by atoms with E-state index in [-0.39, 0.29) is 5.92 Å². The lowest BCUT2D eigenvalue weighted by Crippen LogP contribution is -2.26. The molecule has 0 amide bonds. The van der Waals surface area contributed by atoms with Crippen molar-refractivity contribution in [3.63, 3.8) is 0 Å². The van der Waals surface area contributed by atoms with E-state index in [9.17, 15) is 9.90 Å². The van der Waals surface area contributed by atoms with Gasteiger partial charge in [0.1, 0.15) is 4.88 Å². The minimum absolute atomic E-state index is 0.156. The van der Waals surface area contributed by atoms with Gasteiger partial charge in [-0.05, 0) is 25.7 Å². The molecule has 1 N–H and O–H groups in total. The van der Waals surface area contributed by atoms with Gasteiger partial charge in [-0.1, -0.05) is 25.2 Å². The number of aromatic carboxylic acids is 1. The minimum Gasteiger partial charge on any atom is -0.477 e. The molecule has 1 aromatic rings. The van der Waals surface area contributed by atoms with Gasteiger partial charge in [0.15, 0.2) is 5.13 Å². The second-order valence-corrected chi connectivity index (χ2v) is 5.83. The number of carbonyl (C=O) groups is 1. The number of hydrogen-bond acceptors (Lipinski definition) is 4. The number of rotatable bonds is 3. The van der Waals surface area contributed by atoms with Crippen molar-refractivity contribution < 1.29 is 9.90 Å². The van der Waals surface area contributed by atoms with E-state index in [2.05, 4.69) is 16.8 Å². The first-order chi connectivity index (χ1) is 8.00. The van der Waals surface area contributed by atoms with E-state index in [4.69, 9.17) is 0 Å². The number of hydrogen-bond donors (Lipinski definition) is 1. The smallest absolute Gasteiger partial charge is 0.347 e. The Bertz CT molecular complexity index is 428. The molecule has 0 saturated carbocycles. The van der Waals surface area contributed by atoms with Gasteiger partial charge in [-0.25, -0.2) is 9.78 Å². The van der Waals surface area contributed by atoms with Crippen LogP contribution in [0.15, 0.2) is 0 Å². The van der Waals surface area contributed by atoms with Crippen molar-refractivity contribution in [3.05, 3.63) is 10.6 Å². The fourth-order valence-corrected chi connectivity index (χ4v) is 3.39. The summed E-state index contributed by atoms with van der Waals surface area (Å²) in [7, 11) is 0. The molecule has 1 saturated heterocycles. The zero-order chi connectivity index (χ0) is 12.6. The molecule has 0 radical (unpaired) electrons. The highest BCUT2D eigenvalue weighted by Gasteiger charge is 2.27. The molecule has 2 heterocycles. The third kappa shape index (κ3) is 2.29. The molecule has 1 aliphatic rings. The van der Waals surface area contributed by atoms with Gasteiger partial charge in [0.2, 0.25) is 0 Å². The lowest BCUT2D eigenvalue weighted by molar-refractivity contribution is 0.0700. The molecule has 1 aromatic heterocycles. The molecular weight excluding hydrogens is 236 g/mol. The predicted molar refractivity (Wildman–Crippen MR) is 69.2 cm³/mol. The molecule has 1 fully saturated rings. The van der Waals surface area contributed by atoms with Gasteiger partial charge >= 0.3 is 5.97 Å². The topological polar surface area (TPSA) is 53.4 Å². The number of thiazole rings is 1. The minimum atomic E-state index is -0.857. The maximum atomic E-state index is 11.2. The van der Waals surface area contributed by atoms with E-state index in [1.165, 1.54) is 24.2 Å². The summed E-state index contributed by atoms with van der Waals surface area (Å²) in [4.78, 5) is 18.3. The van der Waals surface area contributed by atoms with Gasteiger partial charge < -0.3 is 10.0 Å². The molecule has 5 heteroatoms. The first-order valence-corrected chi connectivity index (χ1v) is 6.83. The van der Waals surface area contributed by atoms with Crippen LogP contribution in [0.5, 0.6) is 0 Å². The molecular formula is C12H18N2O2S. The molecule has 4 nitrogen and oxygen atoms in total. The highest BCUT2D eigenvalue weighted by Crippen LogP contribution is 2.34. The molecule has 0 bridgehead atoms. The van der Waals surface area contributed by atoms with Gasteiger partial charge in [0, 0.05) is 12.6 Å². The predicted octanol–water partition coefficient (Wildman–Crippen LogP) is 2.95. The van der Waals surface area contributed by atoms with Gasteiger partial charge in [-0.15, -0.1) is 0 Å². The quantitative estimate of drug-likeness (QED) is 0.901. The van der Waals surface area contributed by atoms with Crippen molar-refractivity contribution in [2.24, 2.45) is 0 Å². The van der Waals surface area contributed by atoms with Gasteiger partial charge in [-0.3, -0.25) is 0 Å². The highest BCUT2D eigenvalue weighted by atomic mass is 32.1. The number of carboxylic acid groups (broad SMARTS) is 1. The average Bonchev–Trinajstić information content (AvgIpc) is 2.82. The average molecular weight is 254 g/mol. The number of carboxylic acids is 1. The maximum Gasteiger partial charge on any atom is 0.347 e. The van der Waals surface area contributed by atoms with Gasteiger partial charge in [-0.2, -0.15) is 0 Å². The number of aromatic nitrogens is 1. The van der Waals surface area contributed by atoms with Crippen LogP contribution >= 0.6 is 11.3 Å². The van der Waals surface area contributed by atoms with Crippen molar-refractivity contribution in [1.29, 1.82) is 0 Å². The van der Waals surface area contributed by atoms with Crippen molar-refractivity contribution in [3.8, 4) is 0 Å². The molecule has 1 aliphatic heterocycles. The Morgan fingerprint density at radius 3 is 2.71 bits per heavy atom. The summed E-state index contributed by atoms with van der Waals surface area (Å²) in [6, 6.07) is 0.475. The summed E-state index contributed by atoms with van der Waals surface area (Å²) >= 11 is 1.31. The van der Waals surface area contributed by atoms with E-state index in [1.54, 1.807) is 0 Å².